The van der Waals surface area contributed by atoms with E-state index >= 15 is 0 Å². The minimum absolute atomic E-state index is 0.166. The topological polar surface area (TPSA) is 71.0 Å². The van der Waals surface area contributed by atoms with Crippen LogP contribution in [0.25, 0.3) is 10.9 Å². The minimum Gasteiger partial charge on any atom is -0.379 e. The molecule has 0 aliphatic carbocycles. The number of hydrogen-bond donors (Lipinski definition) is 2. The first kappa shape index (κ1) is 21.1. The van der Waals surface area contributed by atoms with Crippen molar-refractivity contribution >= 4 is 22.6 Å². The number of ether oxygens (including phenoxy) is 2. The van der Waals surface area contributed by atoms with Gasteiger partial charge >= 0.3 is 6.03 Å². The standard InChI is InChI=1S/C22H33N5O3/c1-18(26-10-14-30-15-11-26)17-23-22(28)24-20-2-3-21-19(16-20)4-5-27(21)7-6-25-8-12-29-13-9-25/h2-5,16,18H,6-15,17H2,1H3,(H2,23,24,28). The van der Waals surface area contributed by atoms with E-state index in [0.29, 0.717) is 12.6 Å². The lowest BCUT2D eigenvalue weighted by atomic mass is 10.2. The summed E-state index contributed by atoms with van der Waals surface area (Å²) < 4.78 is 13.1. The van der Waals surface area contributed by atoms with E-state index in [1.54, 1.807) is 0 Å². The highest BCUT2D eigenvalue weighted by Crippen LogP contribution is 2.21. The van der Waals surface area contributed by atoms with Crippen LogP contribution in [0.5, 0.6) is 0 Å². The van der Waals surface area contributed by atoms with E-state index in [1.807, 2.05) is 12.1 Å². The molecule has 2 N–H and O–H groups in total. The average molecular weight is 416 g/mol. The molecule has 4 rings (SSSR count). The van der Waals surface area contributed by atoms with E-state index in [-0.39, 0.29) is 6.03 Å². The smallest absolute Gasteiger partial charge is 0.319 e. The molecule has 30 heavy (non-hydrogen) atoms. The summed E-state index contributed by atoms with van der Waals surface area (Å²) in [6, 6.07) is 8.33. The van der Waals surface area contributed by atoms with Crippen molar-refractivity contribution < 1.29 is 14.3 Å². The highest BCUT2D eigenvalue weighted by atomic mass is 16.5. The molecule has 2 aliphatic rings. The van der Waals surface area contributed by atoms with E-state index in [2.05, 4.69) is 50.3 Å². The molecular formula is C22H33N5O3. The molecule has 1 unspecified atom stereocenters. The largest absolute Gasteiger partial charge is 0.379 e. The Kier molecular flexibility index (Phi) is 7.22. The number of morpholine rings is 2. The van der Waals surface area contributed by atoms with Gasteiger partial charge in [-0.15, -0.1) is 0 Å². The second-order valence-electron chi connectivity index (χ2n) is 8.07. The lowest BCUT2D eigenvalue weighted by molar-refractivity contribution is 0.0209. The summed E-state index contributed by atoms with van der Waals surface area (Å²) in [5, 5.41) is 7.08. The van der Waals surface area contributed by atoms with Crippen LogP contribution in [-0.2, 0) is 16.0 Å². The number of benzene rings is 1. The molecular weight excluding hydrogens is 382 g/mol. The number of carbonyl (C=O) groups excluding carboxylic acids is 1. The average Bonchev–Trinajstić information content (AvgIpc) is 3.19. The van der Waals surface area contributed by atoms with Crippen molar-refractivity contribution in [3.05, 3.63) is 30.5 Å². The first-order valence-corrected chi connectivity index (χ1v) is 10.9. The van der Waals surface area contributed by atoms with Gasteiger partial charge in [-0.05, 0) is 31.2 Å². The predicted octanol–water partition coefficient (Wildman–Crippen LogP) is 1.82. The number of nitrogens with one attached hydrogen (secondary N) is 2. The quantitative estimate of drug-likeness (QED) is 0.722. The first-order valence-electron chi connectivity index (χ1n) is 10.9. The van der Waals surface area contributed by atoms with E-state index in [1.165, 1.54) is 5.52 Å². The Bertz CT molecular complexity index is 827. The third-order valence-corrected chi connectivity index (χ3v) is 6.02. The molecule has 2 amide bonds. The van der Waals surface area contributed by atoms with E-state index in [9.17, 15) is 4.79 Å². The molecule has 2 saturated heterocycles. The third-order valence-electron chi connectivity index (χ3n) is 6.02. The molecule has 164 valence electrons. The Labute approximate surface area is 178 Å². The van der Waals surface area contributed by atoms with E-state index < -0.39 is 0 Å². The summed E-state index contributed by atoms with van der Waals surface area (Å²) >= 11 is 0. The summed E-state index contributed by atoms with van der Waals surface area (Å²) in [5.74, 6) is 0. The predicted molar refractivity (Wildman–Crippen MR) is 118 cm³/mol. The van der Waals surface area contributed by atoms with Crippen molar-refractivity contribution in [2.45, 2.75) is 19.5 Å². The van der Waals surface area contributed by atoms with Crippen molar-refractivity contribution in [1.29, 1.82) is 0 Å². The SMILES string of the molecule is CC(CNC(=O)Nc1ccc2c(ccn2CCN2CCOCC2)c1)N1CCOCC1. The number of urea groups is 1. The van der Waals surface area contributed by atoms with Crippen LogP contribution in [0.2, 0.25) is 0 Å². The number of amides is 2. The van der Waals surface area contributed by atoms with Gasteiger partial charge in [0.05, 0.1) is 26.4 Å². The van der Waals surface area contributed by atoms with Crippen LogP contribution >= 0.6 is 0 Å². The number of aromatic nitrogens is 1. The van der Waals surface area contributed by atoms with Gasteiger partial charge in [-0.1, -0.05) is 0 Å². The maximum Gasteiger partial charge on any atom is 0.319 e. The molecule has 0 radical (unpaired) electrons. The van der Waals surface area contributed by atoms with Crippen molar-refractivity contribution in [3.63, 3.8) is 0 Å². The fraction of sp³-hybridized carbons (Fsp3) is 0.591. The third kappa shape index (κ3) is 5.51. The molecule has 1 aromatic heterocycles. The van der Waals surface area contributed by atoms with Crippen LogP contribution in [0.4, 0.5) is 10.5 Å². The van der Waals surface area contributed by atoms with Crippen LogP contribution < -0.4 is 10.6 Å². The number of rotatable bonds is 7. The van der Waals surface area contributed by atoms with E-state index in [0.717, 1.165) is 76.8 Å². The molecule has 2 aromatic rings. The molecule has 2 fully saturated rings. The monoisotopic (exact) mass is 415 g/mol. The highest BCUT2D eigenvalue weighted by Gasteiger charge is 2.17. The summed E-state index contributed by atoms with van der Waals surface area (Å²) in [7, 11) is 0. The summed E-state index contributed by atoms with van der Waals surface area (Å²) in [5.41, 5.74) is 2.00. The number of nitrogens with zero attached hydrogens (tertiary/aromatic N) is 3. The van der Waals surface area contributed by atoms with Crippen molar-refractivity contribution in [2.24, 2.45) is 0 Å². The van der Waals surface area contributed by atoms with Crippen LogP contribution in [0, 0.1) is 0 Å². The second-order valence-corrected chi connectivity index (χ2v) is 8.07. The van der Waals surface area contributed by atoms with Crippen molar-refractivity contribution in [2.75, 3.05) is 71.0 Å². The van der Waals surface area contributed by atoms with Gasteiger partial charge in [-0.3, -0.25) is 9.80 Å². The van der Waals surface area contributed by atoms with Gasteiger partial charge in [0.15, 0.2) is 0 Å². The fourth-order valence-electron chi connectivity index (χ4n) is 4.11. The Morgan fingerprint density at radius 2 is 1.77 bits per heavy atom. The Morgan fingerprint density at radius 3 is 2.53 bits per heavy atom. The maximum absolute atomic E-state index is 12.3. The second kappa shape index (κ2) is 10.3. The zero-order valence-corrected chi connectivity index (χ0v) is 17.8. The molecule has 1 aromatic carbocycles. The summed E-state index contributed by atoms with van der Waals surface area (Å²) in [4.78, 5) is 17.1. The molecule has 2 aliphatic heterocycles. The lowest BCUT2D eigenvalue weighted by Crippen LogP contribution is -2.47. The number of carbonyl (C=O) groups is 1. The minimum atomic E-state index is -0.166. The highest BCUT2D eigenvalue weighted by molar-refractivity contribution is 5.92. The molecule has 3 heterocycles. The molecule has 8 heteroatoms. The van der Waals surface area contributed by atoms with Crippen LogP contribution in [0.3, 0.4) is 0 Å². The Balaban J connectivity index is 1.27. The summed E-state index contributed by atoms with van der Waals surface area (Å²) in [6.45, 7) is 11.8. The fourth-order valence-corrected chi connectivity index (χ4v) is 4.11. The zero-order chi connectivity index (χ0) is 20.8. The van der Waals surface area contributed by atoms with Crippen molar-refractivity contribution in [3.8, 4) is 0 Å². The molecule has 8 nitrogen and oxygen atoms in total. The van der Waals surface area contributed by atoms with Crippen LogP contribution in [0.15, 0.2) is 30.5 Å². The van der Waals surface area contributed by atoms with E-state index in [4.69, 9.17) is 9.47 Å². The van der Waals surface area contributed by atoms with Gasteiger partial charge in [0.1, 0.15) is 0 Å². The van der Waals surface area contributed by atoms with Gasteiger partial charge < -0.3 is 24.7 Å². The first-order chi connectivity index (χ1) is 14.7. The van der Waals surface area contributed by atoms with Crippen molar-refractivity contribution in [1.82, 2.24) is 19.7 Å². The van der Waals surface area contributed by atoms with Gasteiger partial charge in [-0.25, -0.2) is 4.79 Å². The van der Waals surface area contributed by atoms with Crippen LogP contribution in [0.1, 0.15) is 6.92 Å². The summed E-state index contributed by atoms with van der Waals surface area (Å²) in [6.07, 6.45) is 2.12. The van der Waals surface area contributed by atoms with Gasteiger partial charge in [0.2, 0.25) is 0 Å². The molecule has 1 atom stereocenters. The molecule has 0 saturated carbocycles. The van der Waals surface area contributed by atoms with Gasteiger partial charge in [-0.2, -0.15) is 0 Å². The number of anilines is 1. The van der Waals surface area contributed by atoms with Gasteiger partial charge in [0, 0.05) is 74.6 Å². The maximum atomic E-state index is 12.3. The Hall–Kier alpha value is -2.13. The molecule has 0 bridgehead atoms. The van der Waals surface area contributed by atoms with Crippen LogP contribution in [-0.4, -0.2) is 92.1 Å². The number of hydrogen-bond acceptors (Lipinski definition) is 5. The molecule has 0 spiro atoms. The Morgan fingerprint density at radius 1 is 1.03 bits per heavy atom. The number of fused-ring (bicyclic) bond motifs is 1. The lowest BCUT2D eigenvalue weighted by Gasteiger charge is -2.32. The zero-order valence-electron chi connectivity index (χ0n) is 17.8. The van der Waals surface area contributed by atoms with Gasteiger partial charge in [0.25, 0.3) is 0 Å². The normalized spacial score (nSPS) is 19.6.